The van der Waals surface area contributed by atoms with E-state index in [2.05, 4.69) is 15.2 Å². The third kappa shape index (κ3) is 3.47. The average Bonchev–Trinajstić information content (AvgIpc) is 2.84. The number of Topliss-reactive ketones (excluding diaryl/α,β-unsaturated/α-hetero) is 2. The van der Waals surface area contributed by atoms with E-state index < -0.39 is 0 Å². The van der Waals surface area contributed by atoms with Crippen LogP contribution in [0.1, 0.15) is 57.2 Å². The van der Waals surface area contributed by atoms with Gasteiger partial charge in [0.05, 0.1) is 11.4 Å². The van der Waals surface area contributed by atoms with Crippen molar-refractivity contribution in [1.82, 2.24) is 15.2 Å². The number of aromatic amines is 1. The summed E-state index contributed by atoms with van der Waals surface area (Å²) in [5.41, 5.74) is 4.27. The van der Waals surface area contributed by atoms with Crippen molar-refractivity contribution in [3.63, 3.8) is 0 Å². The van der Waals surface area contributed by atoms with Gasteiger partial charge >= 0.3 is 0 Å². The fourth-order valence-corrected chi connectivity index (χ4v) is 2.55. The smallest absolute Gasteiger partial charge is 0.234 e. The maximum absolute atomic E-state index is 12.4. The number of aryl methyl sites for hydroxylation is 3. The molecule has 6 nitrogen and oxygen atoms in total. The third-order valence-corrected chi connectivity index (χ3v) is 3.84. The van der Waals surface area contributed by atoms with E-state index in [4.69, 9.17) is 4.74 Å². The third-order valence-electron chi connectivity index (χ3n) is 3.84. The molecule has 0 aliphatic carbocycles. The number of ether oxygens (including phenoxy) is 1. The van der Waals surface area contributed by atoms with E-state index in [0.29, 0.717) is 29.3 Å². The minimum atomic E-state index is -0.211. The molecule has 0 aliphatic rings. The maximum atomic E-state index is 12.4. The van der Waals surface area contributed by atoms with Crippen molar-refractivity contribution in [1.29, 1.82) is 0 Å². The number of carbonyl (C=O) groups is 2. The van der Waals surface area contributed by atoms with Crippen LogP contribution < -0.4 is 4.74 Å². The highest BCUT2D eigenvalue weighted by molar-refractivity contribution is 6.03. The molecule has 0 fully saturated rings. The quantitative estimate of drug-likeness (QED) is 0.828. The van der Waals surface area contributed by atoms with Crippen molar-refractivity contribution < 1.29 is 14.3 Å². The zero-order valence-electron chi connectivity index (χ0n) is 14.1. The second-order valence-electron chi connectivity index (χ2n) is 5.55. The lowest BCUT2D eigenvalue weighted by molar-refractivity contribution is 0.0911. The number of aromatic nitrogens is 3. The molecule has 0 spiro atoms. The zero-order valence-corrected chi connectivity index (χ0v) is 14.1. The van der Waals surface area contributed by atoms with E-state index in [-0.39, 0.29) is 18.2 Å². The van der Waals surface area contributed by atoms with Crippen LogP contribution >= 0.6 is 0 Å². The Kier molecular flexibility index (Phi) is 4.93. The van der Waals surface area contributed by atoms with Crippen molar-refractivity contribution in [3.8, 4) is 5.88 Å². The Hall–Kier alpha value is -2.50. The standard InChI is InChI=1S/C17H21N3O3/c1-6-13-16(12(5)21)11(4)18-17(13)14(22)8-23-15-7-9(2)10(3)19-20-15/h7,18H,6,8H2,1-5H3. The summed E-state index contributed by atoms with van der Waals surface area (Å²) in [5, 5.41) is 7.88. The van der Waals surface area contributed by atoms with Crippen molar-refractivity contribution in [3.05, 3.63) is 39.8 Å². The summed E-state index contributed by atoms with van der Waals surface area (Å²) >= 11 is 0. The van der Waals surface area contributed by atoms with Crippen LogP contribution in [0.2, 0.25) is 0 Å². The molecule has 0 unspecified atom stereocenters. The molecule has 0 saturated heterocycles. The zero-order chi connectivity index (χ0) is 17.1. The lowest BCUT2D eigenvalue weighted by atomic mass is 10.0. The molecule has 23 heavy (non-hydrogen) atoms. The molecule has 0 amide bonds. The molecule has 6 heteroatoms. The summed E-state index contributed by atoms with van der Waals surface area (Å²) in [7, 11) is 0. The van der Waals surface area contributed by atoms with E-state index in [1.165, 1.54) is 6.92 Å². The minimum Gasteiger partial charge on any atom is -0.468 e. The number of H-pyrrole nitrogens is 1. The molecule has 2 rings (SSSR count). The van der Waals surface area contributed by atoms with Crippen LogP contribution in [0.3, 0.4) is 0 Å². The Balaban J connectivity index is 2.19. The van der Waals surface area contributed by atoms with E-state index in [9.17, 15) is 9.59 Å². The highest BCUT2D eigenvalue weighted by Gasteiger charge is 2.21. The molecule has 2 heterocycles. The fourth-order valence-electron chi connectivity index (χ4n) is 2.55. The summed E-state index contributed by atoms with van der Waals surface area (Å²) in [4.78, 5) is 27.2. The number of rotatable bonds is 6. The highest BCUT2D eigenvalue weighted by atomic mass is 16.5. The van der Waals surface area contributed by atoms with Gasteiger partial charge < -0.3 is 9.72 Å². The molecule has 0 aliphatic heterocycles. The lowest BCUT2D eigenvalue weighted by Crippen LogP contribution is -2.15. The Bertz CT molecular complexity index is 763. The molecule has 2 aromatic heterocycles. The SMILES string of the molecule is CCc1c(C(=O)COc2cc(C)c(C)nn2)[nH]c(C)c1C(C)=O. The van der Waals surface area contributed by atoms with Gasteiger partial charge in [0.2, 0.25) is 11.7 Å². The van der Waals surface area contributed by atoms with Gasteiger partial charge in [-0.2, -0.15) is 5.10 Å². The fraction of sp³-hybridized carbons (Fsp3) is 0.412. The largest absolute Gasteiger partial charge is 0.468 e. The molecular formula is C17H21N3O3. The van der Waals surface area contributed by atoms with E-state index >= 15 is 0 Å². The predicted octanol–water partition coefficient (Wildman–Crippen LogP) is 2.76. The molecule has 122 valence electrons. The summed E-state index contributed by atoms with van der Waals surface area (Å²) in [6.07, 6.45) is 0.601. The van der Waals surface area contributed by atoms with Gasteiger partial charge in [-0.3, -0.25) is 9.59 Å². The molecular weight excluding hydrogens is 294 g/mol. The Morgan fingerprint density at radius 1 is 1.22 bits per heavy atom. The maximum Gasteiger partial charge on any atom is 0.234 e. The second-order valence-corrected chi connectivity index (χ2v) is 5.55. The first kappa shape index (κ1) is 16.9. The molecule has 0 saturated carbocycles. The van der Waals surface area contributed by atoms with Crippen LogP contribution in [-0.4, -0.2) is 33.4 Å². The normalized spacial score (nSPS) is 10.7. The summed E-state index contributed by atoms with van der Waals surface area (Å²) in [6.45, 7) is 8.83. The molecule has 0 aromatic carbocycles. The number of nitrogens with zero attached hydrogens (tertiary/aromatic N) is 2. The van der Waals surface area contributed by atoms with Gasteiger partial charge in [-0.05, 0) is 45.2 Å². The minimum absolute atomic E-state index is 0.0457. The van der Waals surface area contributed by atoms with Crippen molar-refractivity contribution in [2.24, 2.45) is 0 Å². The van der Waals surface area contributed by atoms with Gasteiger partial charge in [-0.15, -0.1) is 5.10 Å². The van der Waals surface area contributed by atoms with Gasteiger partial charge in [-0.1, -0.05) is 6.92 Å². The monoisotopic (exact) mass is 315 g/mol. The molecule has 0 atom stereocenters. The topological polar surface area (TPSA) is 84.9 Å². The van der Waals surface area contributed by atoms with Crippen molar-refractivity contribution >= 4 is 11.6 Å². The van der Waals surface area contributed by atoms with Crippen molar-refractivity contribution in [2.75, 3.05) is 6.61 Å². The Morgan fingerprint density at radius 2 is 1.91 bits per heavy atom. The molecule has 1 N–H and O–H groups in total. The Labute approximate surface area is 135 Å². The molecule has 0 bridgehead atoms. The number of carbonyl (C=O) groups excluding carboxylic acids is 2. The van der Waals surface area contributed by atoms with E-state index in [1.54, 1.807) is 13.0 Å². The van der Waals surface area contributed by atoms with Gasteiger partial charge in [0.15, 0.2) is 12.4 Å². The second kappa shape index (κ2) is 6.73. The number of nitrogens with one attached hydrogen (secondary N) is 1. The van der Waals surface area contributed by atoms with E-state index in [1.807, 2.05) is 20.8 Å². The van der Waals surface area contributed by atoms with Crippen LogP contribution in [0, 0.1) is 20.8 Å². The van der Waals surface area contributed by atoms with Crippen molar-refractivity contribution in [2.45, 2.75) is 41.0 Å². The van der Waals surface area contributed by atoms with Gasteiger partial charge in [-0.25, -0.2) is 0 Å². The number of ketones is 2. The summed E-state index contributed by atoms with van der Waals surface area (Å²) < 4.78 is 5.44. The van der Waals surface area contributed by atoms with Crippen LogP contribution in [0.5, 0.6) is 5.88 Å². The van der Waals surface area contributed by atoms with E-state index in [0.717, 1.165) is 16.8 Å². The van der Waals surface area contributed by atoms with Gasteiger partial charge in [0.1, 0.15) is 0 Å². The first-order valence-corrected chi connectivity index (χ1v) is 7.54. The van der Waals surface area contributed by atoms with Gasteiger partial charge in [0.25, 0.3) is 0 Å². The van der Waals surface area contributed by atoms with Crippen LogP contribution in [0.15, 0.2) is 6.07 Å². The summed E-state index contributed by atoms with van der Waals surface area (Å²) in [5.74, 6) is 0.0580. The van der Waals surface area contributed by atoms with Gasteiger partial charge in [0, 0.05) is 17.3 Å². The average molecular weight is 315 g/mol. The van der Waals surface area contributed by atoms with Crippen LogP contribution in [-0.2, 0) is 6.42 Å². The highest BCUT2D eigenvalue weighted by Crippen LogP contribution is 2.21. The van der Waals surface area contributed by atoms with Crippen LogP contribution in [0.25, 0.3) is 0 Å². The first-order valence-electron chi connectivity index (χ1n) is 7.54. The predicted molar refractivity (Wildman–Crippen MR) is 86.2 cm³/mol. The Morgan fingerprint density at radius 3 is 2.48 bits per heavy atom. The van der Waals surface area contributed by atoms with Crippen LogP contribution in [0.4, 0.5) is 0 Å². The number of hydrogen-bond acceptors (Lipinski definition) is 5. The molecule has 0 radical (unpaired) electrons. The number of hydrogen-bond donors (Lipinski definition) is 1. The summed E-state index contributed by atoms with van der Waals surface area (Å²) in [6, 6.07) is 1.75. The first-order chi connectivity index (χ1) is 10.8. The lowest BCUT2D eigenvalue weighted by Gasteiger charge is -2.06. The molecule has 2 aromatic rings.